The molecule has 1 aliphatic rings. The number of aromatic nitrogens is 2. The molecule has 1 aliphatic heterocycles. The van der Waals surface area contributed by atoms with E-state index in [1.807, 2.05) is 47.9 Å². The summed E-state index contributed by atoms with van der Waals surface area (Å²) in [5.41, 5.74) is 7.27. The quantitative estimate of drug-likeness (QED) is 0.440. The third kappa shape index (κ3) is 5.10. The van der Waals surface area contributed by atoms with Gasteiger partial charge < -0.3 is 18.9 Å². The molecule has 4 rings (SSSR count). The van der Waals surface area contributed by atoms with Crippen molar-refractivity contribution in [3.05, 3.63) is 59.9 Å². The molecule has 0 aliphatic carbocycles. The van der Waals surface area contributed by atoms with E-state index in [0.717, 1.165) is 66.5 Å². The fraction of sp³-hybridized carbons (Fsp3) is 0.348. The first kappa shape index (κ1) is 21.0. The molecule has 8 nitrogen and oxygen atoms in total. The zero-order valence-corrected chi connectivity index (χ0v) is 17.9. The molecule has 2 aromatic carbocycles. The lowest BCUT2D eigenvalue weighted by atomic mass is 10.1. The number of nitrogens with zero attached hydrogens (tertiary/aromatic N) is 3. The highest BCUT2D eigenvalue weighted by atomic mass is 16.5. The number of carbonyl (C=O) groups excluding carboxylic acids is 1. The van der Waals surface area contributed by atoms with Gasteiger partial charge in [-0.15, -0.1) is 0 Å². The number of amides is 1. The van der Waals surface area contributed by atoms with Crippen molar-refractivity contribution in [1.82, 2.24) is 15.0 Å². The van der Waals surface area contributed by atoms with Crippen molar-refractivity contribution >= 4 is 22.7 Å². The molecule has 2 heterocycles. The van der Waals surface area contributed by atoms with E-state index in [0.29, 0.717) is 0 Å². The van der Waals surface area contributed by atoms with Crippen molar-refractivity contribution in [1.29, 1.82) is 0 Å². The molecule has 0 unspecified atom stereocenters. The van der Waals surface area contributed by atoms with Crippen molar-refractivity contribution in [2.45, 2.75) is 20.0 Å². The van der Waals surface area contributed by atoms with Gasteiger partial charge in [0.2, 0.25) is 0 Å². The van der Waals surface area contributed by atoms with Gasteiger partial charge in [0, 0.05) is 5.56 Å². The van der Waals surface area contributed by atoms with Crippen LogP contribution in [0, 0.1) is 0 Å². The van der Waals surface area contributed by atoms with Crippen LogP contribution in [0.2, 0.25) is 0 Å². The van der Waals surface area contributed by atoms with E-state index in [1.54, 1.807) is 13.4 Å². The number of ether oxygens (including phenoxy) is 2. The number of carbonyl (C=O) groups is 1. The van der Waals surface area contributed by atoms with Crippen molar-refractivity contribution < 1.29 is 19.2 Å². The number of nitrogens with one attached hydrogen (secondary N) is 2. The average molecular weight is 423 g/mol. The summed E-state index contributed by atoms with van der Waals surface area (Å²) in [6, 6.07) is 13.7. The zero-order valence-electron chi connectivity index (χ0n) is 17.9. The molecule has 31 heavy (non-hydrogen) atoms. The van der Waals surface area contributed by atoms with E-state index in [2.05, 4.69) is 21.6 Å². The van der Waals surface area contributed by atoms with Gasteiger partial charge in [0.15, 0.2) is 0 Å². The average Bonchev–Trinajstić information content (AvgIpc) is 3.21. The molecule has 1 amide bonds. The van der Waals surface area contributed by atoms with Crippen LogP contribution < -0.4 is 15.1 Å². The van der Waals surface area contributed by atoms with Crippen molar-refractivity contribution in [3.63, 3.8) is 0 Å². The second-order valence-corrected chi connectivity index (χ2v) is 7.66. The maximum Gasteiger partial charge on any atom is 0.260 e. The molecule has 0 spiro atoms. The van der Waals surface area contributed by atoms with Crippen molar-refractivity contribution in [2.24, 2.45) is 5.10 Å². The third-order valence-electron chi connectivity index (χ3n) is 5.53. The summed E-state index contributed by atoms with van der Waals surface area (Å²) >= 11 is 0. The lowest BCUT2D eigenvalue weighted by molar-refractivity contribution is -0.921. The predicted octanol–water partition coefficient (Wildman–Crippen LogP) is 1.00. The molecule has 1 fully saturated rings. The maximum absolute atomic E-state index is 12.4. The standard InChI is InChI=1S/C23H27N5O3/c1-17(25-26-23(29)15-28-16-24-20-5-3-4-6-21(20)28)18-7-8-22(30-2)19(13-18)14-27-9-11-31-12-10-27/h3-8,13,16H,9-12,14-15H2,1-2H3,(H,26,29)/p+1/b25-17-. The minimum absolute atomic E-state index is 0.158. The normalized spacial score (nSPS) is 15.2. The van der Waals surface area contributed by atoms with E-state index in [-0.39, 0.29) is 12.5 Å². The van der Waals surface area contributed by atoms with Crippen LogP contribution in [0.3, 0.4) is 0 Å². The summed E-state index contributed by atoms with van der Waals surface area (Å²) in [5, 5.41) is 4.31. The molecule has 3 aromatic rings. The number of benzene rings is 2. The van der Waals surface area contributed by atoms with Gasteiger partial charge in [0.05, 0.1) is 43.4 Å². The molecule has 2 N–H and O–H groups in total. The smallest absolute Gasteiger partial charge is 0.260 e. The van der Waals surface area contributed by atoms with Gasteiger partial charge in [-0.3, -0.25) is 4.79 Å². The number of quaternary nitrogens is 1. The van der Waals surface area contributed by atoms with Gasteiger partial charge in [-0.1, -0.05) is 12.1 Å². The Morgan fingerprint density at radius 1 is 1.26 bits per heavy atom. The predicted molar refractivity (Wildman–Crippen MR) is 118 cm³/mol. The number of morpholine rings is 1. The van der Waals surface area contributed by atoms with E-state index in [9.17, 15) is 4.79 Å². The van der Waals surface area contributed by atoms with Gasteiger partial charge >= 0.3 is 0 Å². The Hall–Kier alpha value is -3.23. The highest BCUT2D eigenvalue weighted by molar-refractivity contribution is 5.99. The number of para-hydroxylation sites is 2. The van der Waals surface area contributed by atoms with Gasteiger partial charge in [-0.05, 0) is 42.8 Å². The third-order valence-corrected chi connectivity index (χ3v) is 5.53. The zero-order chi connectivity index (χ0) is 21.6. The van der Waals surface area contributed by atoms with Gasteiger partial charge in [-0.2, -0.15) is 5.10 Å². The first-order valence-corrected chi connectivity index (χ1v) is 10.5. The second kappa shape index (κ2) is 9.72. The van der Waals surface area contributed by atoms with Crippen molar-refractivity contribution in [3.8, 4) is 5.75 Å². The number of fused-ring (bicyclic) bond motifs is 1. The number of hydrazone groups is 1. The second-order valence-electron chi connectivity index (χ2n) is 7.66. The van der Waals surface area contributed by atoms with E-state index < -0.39 is 0 Å². The molecular formula is C23H28N5O3+. The monoisotopic (exact) mass is 422 g/mol. The summed E-state index contributed by atoms with van der Waals surface area (Å²) < 4.78 is 12.8. The molecule has 0 bridgehead atoms. The lowest BCUT2D eigenvalue weighted by Gasteiger charge is -2.24. The van der Waals surface area contributed by atoms with Crippen LogP contribution in [-0.2, 0) is 22.6 Å². The molecule has 0 saturated carbocycles. The number of methoxy groups -OCH3 is 1. The molecule has 1 saturated heterocycles. The SMILES string of the molecule is COc1ccc(/C(C)=N\NC(=O)Cn2cnc3ccccc32)cc1C[NH+]1CCOCC1. The fourth-order valence-electron chi connectivity index (χ4n) is 3.79. The van der Waals surface area contributed by atoms with Crippen LogP contribution in [0.5, 0.6) is 5.75 Å². The van der Waals surface area contributed by atoms with Gasteiger partial charge in [0.25, 0.3) is 5.91 Å². The lowest BCUT2D eigenvalue weighted by Crippen LogP contribution is -3.12. The van der Waals surface area contributed by atoms with Crippen LogP contribution in [0.15, 0.2) is 53.9 Å². The summed E-state index contributed by atoms with van der Waals surface area (Å²) in [5.74, 6) is 0.667. The molecule has 0 radical (unpaired) electrons. The summed E-state index contributed by atoms with van der Waals surface area (Å²) in [6.45, 7) is 6.46. The Morgan fingerprint density at radius 2 is 2.06 bits per heavy atom. The Morgan fingerprint density at radius 3 is 2.87 bits per heavy atom. The van der Waals surface area contributed by atoms with Gasteiger partial charge in [-0.25, -0.2) is 10.4 Å². The first-order chi connectivity index (χ1) is 15.1. The largest absolute Gasteiger partial charge is 0.496 e. The van der Waals surface area contributed by atoms with Crippen LogP contribution >= 0.6 is 0 Å². The van der Waals surface area contributed by atoms with Crippen LogP contribution in [0.25, 0.3) is 11.0 Å². The minimum Gasteiger partial charge on any atom is -0.496 e. The Bertz CT molecular complexity index is 1090. The van der Waals surface area contributed by atoms with E-state index in [1.165, 1.54) is 4.90 Å². The van der Waals surface area contributed by atoms with Crippen LogP contribution in [-0.4, -0.2) is 54.6 Å². The molecule has 1 aromatic heterocycles. The number of hydrogen-bond acceptors (Lipinski definition) is 5. The topological polar surface area (TPSA) is 82.2 Å². The fourth-order valence-corrected chi connectivity index (χ4v) is 3.79. The first-order valence-electron chi connectivity index (χ1n) is 10.5. The highest BCUT2D eigenvalue weighted by Gasteiger charge is 2.17. The summed E-state index contributed by atoms with van der Waals surface area (Å²) in [7, 11) is 1.69. The Balaban J connectivity index is 1.43. The van der Waals surface area contributed by atoms with Crippen molar-refractivity contribution in [2.75, 3.05) is 33.4 Å². The number of rotatable bonds is 7. The van der Waals surface area contributed by atoms with Crippen LogP contribution in [0.1, 0.15) is 18.1 Å². The van der Waals surface area contributed by atoms with Gasteiger partial charge in [0.1, 0.15) is 31.9 Å². The van der Waals surface area contributed by atoms with E-state index >= 15 is 0 Å². The molecule has 8 heteroatoms. The molecule has 0 atom stereocenters. The number of hydrogen-bond donors (Lipinski definition) is 2. The number of imidazole rings is 1. The minimum atomic E-state index is -0.200. The summed E-state index contributed by atoms with van der Waals surface area (Å²) in [4.78, 5) is 18.2. The molecule has 162 valence electrons. The summed E-state index contributed by atoms with van der Waals surface area (Å²) in [6.07, 6.45) is 1.67. The Kier molecular flexibility index (Phi) is 6.59. The Labute approximate surface area is 181 Å². The highest BCUT2D eigenvalue weighted by Crippen LogP contribution is 2.20. The van der Waals surface area contributed by atoms with Crippen LogP contribution in [0.4, 0.5) is 0 Å². The molecular weight excluding hydrogens is 394 g/mol. The van der Waals surface area contributed by atoms with E-state index in [4.69, 9.17) is 9.47 Å². The maximum atomic E-state index is 12.4.